The third kappa shape index (κ3) is 3.67. The van der Waals surface area contributed by atoms with Crippen molar-refractivity contribution in [3.63, 3.8) is 0 Å². The first kappa shape index (κ1) is 10.4. The average Bonchev–Trinajstić information content (AvgIpc) is 2.21. The second-order valence-electron chi connectivity index (χ2n) is 3.71. The molecule has 0 unspecified atom stereocenters. The van der Waals surface area contributed by atoms with Crippen LogP contribution in [0.15, 0.2) is 30.3 Å². The van der Waals surface area contributed by atoms with Crippen molar-refractivity contribution in [1.82, 2.24) is 0 Å². The van der Waals surface area contributed by atoms with Crippen LogP contribution < -0.4 is 0 Å². The van der Waals surface area contributed by atoms with Gasteiger partial charge in [-0.05, 0) is 12.0 Å². The monoisotopic (exact) mass is 174 g/mol. The first-order valence-corrected chi connectivity index (χ1v) is 5.40. The Kier molecular flexibility index (Phi) is 4.66. The Morgan fingerprint density at radius 3 is 2.15 bits per heavy atom. The van der Waals surface area contributed by atoms with Crippen molar-refractivity contribution in [2.45, 2.75) is 39.2 Å². The van der Waals surface area contributed by atoms with E-state index in [1.165, 1.54) is 30.9 Å². The Bertz CT molecular complexity index is 214. The molecular weight excluding hydrogens is 155 g/mol. The van der Waals surface area contributed by atoms with Crippen LogP contribution in [0.3, 0.4) is 0 Å². The van der Waals surface area contributed by atoms with E-state index >= 15 is 0 Å². The molecule has 1 aromatic rings. The van der Waals surface area contributed by atoms with E-state index in [9.17, 15) is 0 Å². The molecule has 0 amide bonds. The molecule has 1 aromatic carbocycles. The molecule has 0 saturated heterocycles. The van der Waals surface area contributed by atoms with Gasteiger partial charge in [0.25, 0.3) is 0 Å². The summed E-state index contributed by atoms with van der Waals surface area (Å²) in [5.74, 6) is 0. The molecule has 0 aromatic heterocycles. The van der Waals surface area contributed by atoms with E-state index in [0.29, 0.717) is 0 Å². The molecule has 0 aliphatic rings. The standard InChI is InChI=1S/C12H19B/c1-3-13(4-2)11-10-12-8-6-5-7-9-12/h5-9H,3-4,10-11H2,1-2H3. The van der Waals surface area contributed by atoms with Gasteiger partial charge in [-0.2, -0.15) is 0 Å². The molecule has 70 valence electrons. The Morgan fingerprint density at radius 1 is 1.00 bits per heavy atom. The van der Waals surface area contributed by atoms with E-state index in [2.05, 4.69) is 44.2 Å². The van der Waals surface area contributed by atoms with E-state index in [1.807, 2.05) is 0 Å². The Hall–Kier alpha value is -0.715. The van der Waals surface area contributed by atoms with E-state index in [0.717, 1.165) is 6.71 Å². The Balaban J connectivity index is 2.34. The summed E-state index contributed by atoms with van der Waals surface area (Å²) in [5, 5.41) is 0. The summed E-state index contributed by atoms with van der Waals surface area (Å²) in [4.78, 5) is 0. The second kappa shape index (κ2) is 5.85. The molecule has 0 nitrogen and oxygen atoms in total. The highest BCUT2D eigenvalue weighted by molar-refractivity contribution is 6.58. The third-order valence-electron chi connectivity index (χ3n) is 2.84. The first-order valence-electron chi connectivity index (χ1n) is 5.40. The second-order valence-corrected chi connectivity index (χ2v) is 3.71. The van der Waals surface area contributed by atoms with Crippen molar-refractivity contribution in [3.05, 3.63) is 35.9 Å². The molecule has 0 fully saturated rings. The van der Waals surface area contributed by atoms with Gasteiger partial charge in [0.2, 0.25) is 0 Å². The Labute approximate surface area is 82.4 Å². The van der Waals surface area contributed by atoms with Crippen molar-refractivity contribution in [2.75, 3.05) is 0 Å². The molecular formula is C12H19B. The minimum Gasteiger partial charge on any atom is -0.0770 e. The van der Waals surface area contributed by atoms with Gasteiger partial charge in [-0.15, -0.1) is 0 Å². The zero-order valence-electron chi connectivity index (χ0n) is 8.79. The van der Waals surface area contributed by atoms with Crippen molar-refractivity contribution in [2.24, 2.45) is 0 Å². The fraction of sp³-hybridized carbons (Fsp3) is 0.500. The summed E-state index contributed by atoms with van der Waals surface area (Å²) in [6, 6.07) is 10.8. The molecule has 0 aliphatic heterocycles. The molecule has 13 heavy (non-hydrogen) atoms. The van der Waals surface area contributed by atoms with Crippen LogP contribution in [0.4, 0.5) is 0 Å². The number of hydrogen-bond acceptors (Lipinski definition) is 0. The van der Waals surface area contributed by atoms with Crippen molar-refractivity contribution in [3.8, 4) is 0 Å². The van der Waals surface area contributed by atoms with Gasteiger partial charge in [-0.1, -0.05) is 63.1 Å². The summed E-state index contributed by atoms with van der Waals surface area (Å²) >= 11 is 0. The summed E-state index contributed by atoms with van der Waals surface area (Å²) in [6.45, 7) is 5.50. The van der Waals surface area contributed by atoms with Crippen molar-refractivity contribution < 1.29 is 0 Å². The van der Waals surface area contributed by atoms with E-state index in [4.69, 9.17) is 0 Å². The highest BCUT2D eigenvalue weighted by Crippen LogP contribution is 2.10. The minimum absolute atomic E-state index is 0.917. The minimum atomic E-state index is 0.917. The number of benzene rings is 1. The van der Waals surface area contributed by atoms with Crippen LogP contribution >= 0.6 is 0 Å². The van der Waals surface area contributed by atoms with E-state index in [1.54, 1.807) is 0 Å². The van der Waals surface area contributed by atoms with Crippen molar-refractivity contribution >= 4 is 6.71 Å². The highest BCUT2D eigenvalue weighted by atomic mass is 13.9. The zero-order chi connectivity index (χ0) is 9.52. The van der Waals surface area contributed by atoms with Gasteiger partial charge in [0.05, 0.1) is 0 Å². The number of hydrogen-bond donors (Lipinski definition) is 0. The smallest absolute Gasteiger partial charge is 0.0770 e. The lowest BCUT2D eigenvalue weighted by Crippen LogP contribution is -2.09. The maximum Gasteiger partial charge on any atom is 0.139 e. The molecule has 0 aliphatic carbocycles. The van der Waals surface area contributed by atoms with Gasteiger partial charge in [0, 0.05) is 0 Å². The maximum atomic E-state index is 2.29. The van der Waals surface area contributed by atoms with Gasteiger partial charge >= 0.3 is 0 Å². The first-order chi connectivity index (χ1) is 6.36. The van der Waals surface area contributed by atoms with E-state index in [-0.39, 0.29) is 0 Å². The van der Waals surface area contributed by atoms with Crippen LogP contribution in [-0.4, -0.2) is 6.71 Å². The van der Waals surface area contributed by atoms with Gasteiger partial charge in [0.15, 0.2) is 0 Å². The lowest BCUT2D eigenvalue weighted by molar-refractivity contribution is 1.08. The predicted octanol–water partition coefficient (Wildman–Crippen LogP) is 3.76. The molecule has 0 saturated carbocycles. The third-order valence-corrected chi connectivity index (χ3v) is 2.84. The maximum absolute atomic E-state index is 2.29. The SMILES string of the molecule is CCB(CC)CCc1ccccc1. The van der Waals surface area contributed by atoms with Crippen LogP contribution in [0, 0.1) is 0 Å². The molecule has 0 radical (unpaired) electrons. The fourth-order valence-electron chi connectivity index (χ4n) is 1.71. The summed E-state index contributed by atoms with van der Waals surface area (Å²) in [7, 11) is 0. The van der Waals surface area contributed by atoms with Crippen molar-refractivity contribution in [1.29, 1.82) is 0 Å². The molecule has 0 spiro atoms. The average molecular weight is 174 g/mol. The van der Waals surface area contributed by atoms with Gasteiger partial charge in [-0.25, -0.2) is 0 Å². The summed E-state index contributed by atoms with van der Waals surface area (Å²) in [6.07, 6.45) is 5.23. The molecule has 0 bridgehead atoms. The van der Waals surface area contributed by atoms with Crippen LogP contribution in [0.25, 0.3) is 0 Å². The van der Waals surface area contributed by atoms with Gasteiger partial charge < -0.3 is 0 Å². The zero-order valence-corrected chi connectivity index (χ0v) is 8.79. The highest BCUT2D eigenvalue weighted by Gasteiger charge is 2.07. The van der Waals surface area contributed by atoms with Crippen LogP contribution in [0.1, 0.15) is 19.4 Å². The topological polar surface area (TPSA) is 0 Å². The quantitative estimate of drug-likeness (QED) is 0.596. The molecule has 0 N–H and O–H groups in total. The predicted molar refractivity (Wildman–Crippen MR) is 61.7 cm³/mol. The Morgan fingerprint density at radius 2 is 1.62 bits per heavy atom. The molecule has 0 atom stereocenters. The van der Waals surface area contributed by atoms with Crippen LogP contribution in [-0.2, 0) is 6.42 Å². The fourth-order valence-corrected chi connectivity index (χ4v) is 1.71. The molecule has 1 rings (SSSR count). The largest absolute Gasteiger partial charge is 0.139 e. The molecule has 0 heterocycles. The van der Waals surface area contributed by atoms with Gasteiger partial charge in [0.1, 0.15) is 6.71 Å². The van der Waals surface area contributed by atoms with E-state index < -0.39 is 0 Å². The number of aryl methyl sites for hydroxylation is 1. The lowest BCUT2D eigenvalue weighted by atomic mass is 9.43. The molecule has 1 heteroatoms. The normalized spacial score (nSPS) is 10.0. The lowest BCUT2D eigenvalue weighted by Gasteiger charge is -2.07. The number of rotatable bonds is 5. The van der Waals surface area contributed by atoms with Gasteiger partial charge in [-0.3, -0.25) is 0 Å². The van der Waals surface area contributed by atoms with Crippen LogP contribution in [0.5, 0.6) is 0 Å². The van der Waals surface area contributed by atoms with Crippen LogP contribution in [0.2, 0.25) is 19.0 Å². The summed E-state index contributed by atoms with van der Waals surface area (Å²) < 4.78 is 0. The summed E-state index contributed by atoms with van der Waals surface area (Å²) in [5.41, 5.74) is 1.48.